The number of hydrogen-bond acceptors (Lipinski definition) is 3. The van der Waals surface area contributed by atoms with Crippen molar-refractivity contribution in [2.75, 3.05) is 0 Å². The van der Waals surface area contributed by atoms with Gasteiger partial charge in [-0.15, -0.1) is 0 Å². The lowest BCUT2D eigenvalue weighted by Gasteiger charge is -2.08. The highest BCUT2D eigenvalue weighted by molar-refractivity contribution is 5.24. The first-order chi connectivity index (χ1) is 7.77. The summed E-state index contributed by atoms with van der Waals surface area (Å²) in [4.78, 5) is 8.39. The Morgan fingerprint density at radius 1 is 1.06 bits per heavy atom. The van der Waals surface area contributed by atoms with E-state index in [0.29, 0.717) is 12.5 Å². The molecule has 0 saturated heterocycles. The number of aromatic nitrogens is 2. The van der Waals surface area contributed by atoms with Gasteiger partial charge in [-0.2, -0.15) is 0 Å². The largest absolute Gasteiger partial charge is 0.473 e. The minimum absolute atomic E-state index is 0.511. The van der Waals surface area contributed by atoms with Crippen LogP contribution in [0.5, 0.6) is 5.88 Å². The maximum absolute atomic E-state index is 5.65. The van der Waals surface area contributed by atoms with Gasteiger partial charge in [-0.05, 0) is 26.0 Å². The summed E-state index contributed by atoms with van der Waals surface area (Å²) < 4.78 is 5.65. The second-order valence-electron chi connectivity index (χ2n) is 3.66. The summed E-state index contributed by atoms with van der Waals surface area (Å²) in [5.41, 5.74) is 3.13. The van der Waals surface area contributed by atoms with Crippen LogP contribution < -0.4 is 4.74 Å². The second kappa shape index (κ2) is 4.75. The van der Waals surface area contributed by atoms with Crippen molar-refractivity contribution in [2.45, 2.75) is 20.5 Å². The van der Waals surface area contributed by atoms with Gasteiger partial charge in [-0.3, -0.25) is 4.98 Å². The summed E-state index contributed by atoms with van der Waals surface area (Å²) in [7, 11) is 0. The number of pyridine rings is 2. The average Bonchev–Trinajstić information content (AvgIpc) is 2.30. The minimum Gasteiger partial charge on any atom is -0.473 e. The van der Waals surface area contributed by atoms with Crippen LogP contribution in [0.25, 0.3) is 0 Å². The Kier molecular flexibility index (Phi) is 3.15. The fraction of sp³-hybridized carbons (Fsp3) is 0.231. The fourth-order valence-corrected chi connectivity index (χ4v) is 1.44. The van der Waals surface area contributed by atoms with Crippen molar-refractivity contribution in [3.8, 4) is 5.88 Å². The first-order valence-electron chi connectivity index (χ1n) is 5.22. The van der Waals surface area contributed by atoms with Crippen molar-refractivity contribution in [2.24, 2.45) is 0 Å². The van der Waals surface area contributed by atoms with E-state index in [4.69, 9.17) is 4.74 Å². The maximum Gasteiger partial charge on any atom is 0.216 e. The molecule has 0 radical (unpaired) electrons. The Balaban J connectivity index is 2.09. The van der Waals surface area contributed by atoms with Crippen molar-refractivity contribution in [1.29, 1.82) is 0 Å². The molecule has 0 amide bonds. The van der Waals surface area contributed by atoms with Gasteiger partial charge >= 0.3 is 0 Å². The van der Waals surface area contributed by atoms with E-state index in [9.17, 15) is 0 Å². The Bertz CT molecular complexity index is 437. The molecule has 0 bridgehead atoms. The van der Waals surface area contributed by atoms with Crippen LogP contribution >= 0.6 is 0 Å². The Morgan fingerprint density at radius 3 is 2.56 bits per heavy atom. The highest BCUT2D eigenvalue weighted by Gasteiger charge is 2.02. The van der Waals surface area contributed by atoms with Crippen LogP contribution in [-0.2, 0) is 6.61 Å². The zero-order chi connectivity index (χ0) is 11.4. The SMILES string of the molecule is Cc1cccnc1OCc1cccnc1C. The highest BCUT2D eigenvalue weighted by Crippen LogP contribution is 2.14. The molecule has 3 nitrogen and oxygen atoms in total. The quantitative estimate of drug-likeness (QED) is 0.787. The van der Waals surface area contributed by atoms with Gasteiger partial charge in [0.1, 0.15) is 6.61 Å². The van der Waals surface area contributed by atoms with E-state index in [0.717, 1.165) is 16.8 Å². The standard InChI is InChI=1S/C13H14N2O/c1-10-5-3-8-15-13(10)16-9-12-6-4-7-14-11(12)2/h3-8H,9H2,1-2H3. The summed E-state index contributed by atoms with van der Waals surface area (Å²) >= 11 is 0. The zero-order valence-corrected chi connectivity index (χ0v) is 9.47. The zero-order valence-electron chi connectivity index (χ0n) is 9.47. The molecule has 0 atom stereocenters. The van der Waals surface area contributed by atoms with Gasteiger partial charge in [0, 0.05) is 29.2 Å². The summed E-state index contributed by atoms with van der Waals surface area (Å²) in [6, 6.07) is 7.81. The van der Waals surface area contributed by atoms with Crippen molar-refractivity contribution >= 4 is 0 Å². The highest BCUT2D eigenvalue weighted by atomic mass is 16.5. The topological polar surface area (TPSA) is 35.0 Å². The van der Waals surface area contributed by atoms with Crippen LogP contribution in [-0.4, -0.2) is 9.97 Å². The molecule has 82 valence electrons. The molecule has 0 spiro atoms. The number of rotatable bonds is 3. The van der Waals surface area contributed by atoms with Gasteiger partial charge in [0.25, 0.3) is 0 Å². The maximum atomic E-state index is 5.65. The smallest absolute Gasteiger partial charge is 0.216 e. The first-order valence-corrected chi connectivity index (χ1v) is 5.22. The third-order valence-electron chi connectivity index (χ3n) is 2.44. The predicted octanol–water partition coefficient (Wildman–Crippen LogP) is 2.67. The van der Waals surface area contributed by atoms with Crippen molar-refractivity contribution < 1.29 is 4.74 Å². The van der Waals surface area contributed by atoms with E-state index in [2.05, 4.69) is 9.97 Å². The summed E-state index contributed by atoms with van der Waals surface area (Å²) in [5.74, 6) is 0.686. The van der Waals surface area contributed by atoms with Gasteiger partial charge in [0.15, 0.2) is 0 Å². The Labute approximate surface area is 95.1 Å². The van der Waals surface area contributed by atoms with E-state index >= 15 is 0 Å². The number of ether oxygens (including phenoxy) is 1. The number of nitrogens with zero attached hydrogens (tertiary/aromatic N) is 2. The third-order valence-corrected chi connectivity index (χ3v) is 2.44. The van der Waals surface area contributed by atoms with Crippen LogP contribution in [0.3, 0.4) is 0 Å². The van der Waals surface area contributed by atoms with Crippen LogP contribution in [0.1, 0.15) is 16.8 Å². The molecule has 0 aromatic carbocycles. The monoisotopic (exact) mass is 214 g/mol. The van der Waals surface area contributed by atoms with E-state index in [-0.39, 0.29) is 0 Å². The van der Waals surface area contributed by atoms with Crippen LogP contribution in [0.15, 0.2) is 36.7 Å². The Hall–Kier alpha value is -1.90. The molecule has 0 aliphatic heterocycles. The van der Waals surface area contributed by atoms with Crippen LogP contribution in [0, 0.1) is 13.8 Å². The lowest BCUT2D eigenvalue weighted by Crippen LogP contribution is -2.01. The Morgan fingerprint density at radius 2 is 1.81 bits per heavy atom. The summed E-state index contributed by atoms with van der Waals surface area (Å²) in [6.07, 6.45) is 3.52. The molecule has 16 heavy (non-hydrogen) atoms. The molecule has 0 fully saturated rings. The second-order valence-corrected chi connectivity index (χ2v) is 3.66. The fourth-order valence-electron chi connectivity index (χ4n) is 1.44. The molecule has 0 N–H and O–H groups in total. The van der Waals surface area contributed by atoms with E-state index < -0.39 is 0 Å². The summed E-state index contributed by atoms with van der Waals surface area (Å²) in [5, 5.41) is 0. The molecule has 2 aromatic heterocycles. The van der Waals surface area contributed by atoms with Crippen LogP contribution in [0.2, 0.25) is 0 Å². The summed E-state index contributed by atoms with van der Waals surface area (Å²) in [6.45, 7) is 4.47. The molecule has 0 unspecified atom stereocenters. The lowest BCUT2D eigenvalue weighted by atomic mass is 10.2. The number of hydrogen-bond donors (Lipinski definition) is 0. The normalized spacial score (nSPS) is 10.1. The average molecular weight is 214 g/mol. The molecule has 0 aliphatic rings. The van der Waals surface area contributed by atoms with Crippen LogP contribution in [0.4, 0.5) is 0 Å². The van der Waals surface area contributed by atoms with Gasteiger partial charge in [-0.1, -0.05) is 12.1 Å². The van der Waals surface area contributed by atoms with E-state index in [1.54, 1.807) is 12.4 Å². The molecular weight excluding hydrogens is 200 g/mol. The van der Waals surface area contributed by atoms with E-state index in [1.165, 1.54) is 0 Å². The third kappa shape index (κ3) is 2.37. The van der Waals surface area contributed by atoms with Crippen molar-refractivity contribution in [1.82, 2.24) is 9.97 Å². The van der Waals surface area contributed by atoms with Gasteiger partial charge in [0.2, 0.25) is 5.88 Å². The number of aryl methyl sites for hydroxylation is 2. The van der Waals surface area contributed by atoms with Crippen molar-refractivity contribution in [3.05, 3.63) is 53.5 Å². The molecular formula is C13H14N2O. The first kappa shape index (κ1) is 10.6. The van der Waals surface area contributed by atoms with Gasteiger partial charge in [-0.25, -0.2) is 4.98 Å². The van der Waals surface area contributed by atoms with Gasteiger partial charge < -0.3 is 4.74 Å². The minimum atomic E-state index is 0.511. The van der Waals surface area contributed by atoms with Crippen molar-refractivity contribution in [3.63, 3.8) is 0 Å². The van der Waals surface area contributed by atoms with E-state index in [1.807, 2.05) is 38.1 Å². The van der Waals surface area contributed by atoms with Gasteiger partial charge in [0.05, 0.1) is 0 Å². The molecule has 2 heterocycles. The molecule has 0 saturated carbocycles. The molecule has 3 heteroatoms. The molecule has 2 aromatic rings. The lowest BCUT2D eigenvalue weighted by molar-refractivity contribution is 0.290. The molecule has 2 rings (SSSR count). The predicted molar refractivity (Wildman–Crippen MR) is 62.3 cm³/mol. The molecule has 0 aliphatic carbocycles.